The van der Waals surface area contributed by atoms with Gasteiger partial charge in [0.05, 0.1) is 6.42 Å². The van der Waals surface area contributed by atoms with Gasteiger partial charge in [0.2, 0.25) is 11.8 Å². The monoisotopic (exact) mass is 343 g/mol. The highest BCUT2D eigenvalue weighted by Crippen LogP contribution is 2.28. The van der Waals surface area contributed by atoms with Crippen molar-refractivity contribution in [1.82, 2.24) is 15.5 Å². The van der Waals surface area contributed by atoms with Crippen LogP contribution in [-0.4, -0.2) is 48.9 Å². The smallest absolute Gasteiger partial charge is 0.224 e. The summed E-state index contributed by atoms with van der Waals surface area (Å²) in [5, 5.41) is 6.48. The van der Waals surface area contributed by atoms with Crippen molar-refractivity contribution in [2.45, 2.75) is 44.6 Å². The third kappa shape index (κ3) is 6.16. The van der Waals surface area contributed by atoms with Crippen LogP contribution >= 0.6 is 0 Å². The predicted molar refractivity (Wildman–Crippen MR) is 98.1 cm³/mol. The summed E-state index contributed by atoms with van der Waals surface area (Å²) in [5.41, 5.74) is 0.993. The van der Waals surface area contributed by atoms with E-state index in [2.05, 4.69) is 10.6 Å². The van der Waals surface area contributed by atoms with Gasteiger partial charge in [0.15, 0.2) is 0 Å². The molecule has 0 spiro atoms. The third-order valence-corrected chi connectivity index (χ3v) is 5.11. The van der Waals surface area contributed by atoms with Crippen LogP contribution in [0.5, 0.6) is 0 Å². The molecule has 1 aromatic rings. The lowest BCUT2D eigenvalue weighted by molar-refractivity contribution is -0.132. The second-order valence-electron chi connectivity index (χ2n) is 7.27. The number of carbonyl (C=O) groups excluding carboxylic acids is 2. The predicted octanol–water partition coefficient (Wildman–Crippen LogP) is 1.73. The van der Waals surface area contributed by atoms with Crippen molar-refractivity contribution < 1.29 is 9.59 Å². The Morgan fingerprint density at radius 2 is 1.76 bits per heavy atom. The van der Waals surface area contributed by atoms with Gasteiger partial charge in [0.1, 0.15) is 0 Å². The molecule has 0 bridgehead atoms. The molecule has 1 aliphatic heterocycles. The van der Waals surface area contributed by atoms with Crippen molar-refractivity contribution in [3.8, 4) is 0 Å². The summed E-state index contributed by atoms with van der Waals surface area (Å²) in [6, 6.07) is 10.2. The number of likely N-dealkylation sites (tertiary alicyclic amines) is 1. The average molecular weight is 343 g/mol. The quantitative estimate of drug-likeness (QED) is 0.756. The molecule has 0 atom stereocenters. The molecule has 1 aliphatic carbocycles. The first kappa shape index (κ1) is 17.9. The second-order valence-corrected chi connectivity index (χ2v) is 7.27. The molecule has 0 unspecified atom stereocenters. The molecule has 0 aromatic heterocycles. The minimum atomic E-state index is -0.0259. The van der Waals surface area contributed by atoms with Gasteiger partial charge in [-0.1, -0.05) is 30.3 Å². The zero-order chi connectivity index (χ0) is 17.5. The number of benzene rings is 1. The number of carbonyl (C=O) groups is 2. The number of nitrogens with one attached hydrogen (secondary N) is 2. The van der Waals surface area contributed by atoms with Crippen LogP contribution in [0.1, 0.15) is 37.7 Å². The van der Waals surface area contributed by atoms with Crippen LogP contribution in [-0.2, 0) is 16.0 Å². The van der Waals surface area contributed by atoms with E-state index in [-0.39, 0.29) is 11.8 Å². The van der Waals surface area contributed by atoms with Crippen LogP contribution in [0, 0.1) is 5.92 Å². The maximum absolute atomic E-state index is 12.3. The van der Waals surface area contributed by atoms with E-state index in [4.69, 9.17) is 0 Å². The number of hydrogen-bond acceptors (Lipinski definition) is 3. The summed E-state index contributed by atoms with van der Waals surface area (Å²) in [5.74, 6) is 1.03. The molecule has 3 rings (SSSR count). The number of nitrogens with zero attached hydrogens (tertiary/aromatic N) is 1. The van der Waals surface area contributed by atoms with Crippen molar-refractivity contribution in [1.29, 1.82) is 0 Å². The lowest BCUT2D eigenvalue weighted by Gasteiger charge is -2.32. The Kier molecular flexibility index (Phi) is 6.45. The van der Waals surface area contributed by atoms with Gasteiger partial charge in [-0.3, -0.25) is 9.59 Å². The van der Waals surface area contributed by atoms with Gasteiger partial charge >= 0.3 is 0 Å². The van der Waals surface area contributed by atoms with E-state index in [1.54, 1.807) is 0 Å². The summed E-state index contributed by atoms with van der Waals surface area (Å²) in [6.07, 6.45) is 5.59. The lowest BCUT2D eigenvalue weighted by Crippen LogP contribution is -2.46. The van der Waals surface area contributed by atoms with Gasteiger partial charge in [-0.25, -0.2) is 0 Å². The van der Waals surface area contributed by atoms with Gasteiger partial charge < -0.3 is 15.5 Å². The van der Waals surface area contributed by atoms with Crippen molar-refractivity contribution >= 4 is 11.8 Å². The summed E-state index contributed by atoms with van der Waals surface area (Å²) in [7, 11) is 0. The second kappa shape index (κ2) is 8.99. The third-order valence-electron chi connectivity index (χ3n) is 5.11. The topological polar surface area (TPSA) is 61.4 Å². The zero-order valence-corrected chi connectivity index (χ0v) is 14.9. The fraction of sp³-hybridized carbons (Fsp3) is 0.600. The highest BCUT2D eigenvalue weighted by Gasteiger charge is 2.25. The van der Waals surface area contributed by atoms with Crippen LogP contribution in [0.15, 0.2) is 30.3 Å². The fourth-order valence-corrected chi connectivity index (χ4v) is 3.30. The highest BCUT2D eigenvalue weighted by molar-refractivity contribution is 5.80. The first-order chi connectivity index (χ1) is 12.2. The van der Waals surface area contributed by atoms with Crippen molar-refractivity contribution in [3.63, 3.8) is 0 Å². The number of hydrogen-bond donors (Lipinski definition) is 2. The number of rotatable bonds is 8. The Bertz CT molecular complexity index is 564. The molecule has 1 saturated heterocycles. The SMILES string of the molecule is O=C(Cc1ccccc1)NCCC(=O)N1CCC(NCC2CC2)CC1. The minimum Gasteiger partial charge on any atom is -0.355 e. The van der Waals surface area contributed by atoms with E-state index < -0.39 is 0 Å². The first-order valence-corrected chi connectivity index (χ1v) is 9.52. The van der Waals surface area contributed by atoms with E-state index in [0.29, 0.717) is 25.4 Å². The van der Waals surface area contributed by atoms with Crippen molar-refractivity contribution in [2.75, 3.05) is 26.2 Å². The van der Waals surface area contributed by atoms with Gasteiger partial charge in [0, 0.05) is 32.1 Å². The Morgan fingerprint density at radius 1 is 1.04 bits per heavy atom. The molecule has 136 valence electrons. The van der Waals surface area contributed by atoms with E-state index >= 15 is 0 Å². The standard InChI is InChI=1S/C20H29N3O2/c24-19(14-16-4-2-1-3-5-16)21-11-8-20(25)23-12-9-18(10-13-23)22-15-17-6-7-17/h1-5,17-18,22H,6-15H2,(H,21,24). The van der Waals surface area contributed by atoms with Gasteiger partial charge in [-0.2, -0.15) is 0 Å². The molecular weight excluding hydrogens is 314 g/mol. The number of amides is 2. The Balaban J connectivity index is 1.28. The van der Waals surface area contributed by atoms with Crippen molar-refractivity contribution in [3.05, 3.63) is 35.9 Å². The zero-order valence-electron chi connectivity index (χ0n) is 14.9. The Labute approximate surface area is 150 Å². The fourth-order valence-electron chi connectivity index (χ4n) is 3.30. The maximum Gasteiger partial charge on any atom is 0.224 e. The summed E-state index contributed by atoms with van der Waals surface area (Å²) in [6.45, 7) is 3.23. The van der Waals surface area contributed by atoms with E-state index in [1.165, 1.54) is 12.8 Å². The minimum absolute atomic E-state index is 0.0259. The molecule has 2 N–H and O–H groups in total. The summed E-state index contributed by atoms with van der Waals surface area (Å²) < 4.78 is 0. The molecule has 1 saturated carbocycles. The van der Waals surface area contributed by atoms with Gasteiger partial charge in [-0.15, -0.1) is 0 Å². The molecule has 2 fully saturated rings. The van der Waals surface area contributed by atoms with Crippen molar-refractivity contribution in [2.24, 2.45) is 5.92 Å². The van der Waals surface area contributed by atoms with Gasteiger partial charge in [-0.05, 0) is 43.7 Å². The maximum atomic E-state index is 12.3. The molecule has 1 aromatic carbocycles. The molecule has 2 amide bonds. The van der Waals surface area contributed by atoms with Crippen LogP contribution < -0.4 is 10.6 Å². The molecule has 5 heteroatoms. The Morgan fingerprint density at radius 3 is 2.44 bits per heavy atom. The summed E-state index contributed by atoms with van der Waals surface area (Å²) >= 11 is 0. The van der Waals surface area contributed by atoms with Gasteiger partial charge in [0.25, 0.3) is 0 Å². The molecular formula is C20H29N3O2. The number of piperidine rings is 1. The molecule has 2 aliphatic rings. The first-order valence-electron chi connectivity index (χ1n) is 9.52. The lowest BCUT2D eigenvalue weighted by atomic mass is 10.0. The van der Waals surface area contributed by atoms with Crippen LogP contribution in [0.25, 0.3) is 0 Å². The summed E-state index contributed by atoms with van der Waals surface area (Å²) in [4.78, 5) is 26.1. The van der Waals surface area contributed by atoms with E-state index in [9.17, 15) is 9.59 Å². The largest absolute Gasteiger partial charge is 0.355 e. The molecule has 1 heterocycles. The average Bonchev–Trinajstić information content (AvgIpc) is 3.45. The highest BCUT2D eigenvalue weighted by atomic mass is 16.2. The molecule has 0 radical (unpaired) electrons. The Hall–Kier alpha value is -1.88. The van der Waals surface area contributed by atoms with Crippen LogP contribution in [0.3, 0.4) is 0 Å². The normalized spacial score (nSPS) is 18.2. The van der Waals surface area contributed by atoms with Crippen LogP contribution in [0.4, 0.5) is 0 Å². The molecule has 5 nitrogen and oxygen atoms in total. The van der Waals surface area contributed by atoms with E-state index in [0.717, 1.165) is 44.0 Å². The molecule has 25 heavy (non-hydrogen) atoms. The van der Waals surface area contributed by atoms with Crippen LogP contribution in [0.2, 0.25) is 0 Å². The van der Waals surface area contributed by atoms with E-state index in [1.807, 2.05) is 35.2 Å².